The maximum atomic E-state index is 12.5. The van der Waals surface area contributed by atoms with Crippen molar-refractivity contribution in [2.75, 3.05) is 26.4 Å². The van der Waals surface area contributed by atoms with Gasteiger partial charge in [-0.15, -0.1) is 0 Å². The van der Waals surface area contributed by atoms with Crippen LogP contribution in [-0.4, -0.2) is 49.3 Å². The third kappa shape index (κ3) is 40.2. The molecule has 10 heteroatoms. The lowest BCUT2D eigenvalue weighted by atomic mass is 10.1. The fraction of sp³-hybridized carbons (Fsp3) is 0.556. The molecule has 0 saturated heterocycles. The molecular formula is C45H72NO8P. The zero-order chi connectivity index (χ0) is 40.3. The van der Waals surface area contributed by atoms with Gasteiger partial charge in [-0.25, -0.2) is 4.57 Å². The Bertz CT molecular complexity index is 1260. The van der Waals surface area contributed by atoms with Crippen LogP contribution in [0.1, 0.15) is 129 Å². The summed E-state index contributed by atoms with van der Waals surface area (Å²) in [6.07, 6.45) is 52.7. The predicted octanol–water partition coefficient (Wildman–Crippen LogP) is 11.6. The molecule has 0 aliphatic carbocycles. The molecule has 1 unspecified atom stereocenters. The molecule has 0 rings (SSSR count). The molecule has 0 bridgehead atoms. The van der Waals surface area contributed by atoms with Gasteiger partial charge in [0.05, 0.1) is 13.2 Å². The Labute approximate surface area is 333 Å². The van der Waals surface area contributed by atoms with Gasteiger partial charge in [0.2, 0.25) is 0 Å². The van der Waals surface area contributed by atoms with Gasteiger partial charge in [-0.2, -0.15) is 0 Å². The number of hydrogen-bond donors (Lipinski definition) is 2. The second-order valence-electron chi connectivity index (χ2n) is 12.8. The van der Waals surface area contributed by atoms with E-state index in [1.54, 1.807) is 0 Å². The topological polar surface area (TPSA) is 134 Å². The van der Waals surface area contributed by atoms with Crippen molar-refractivity contribution in [3.05, 3.63) is 109 Å². The molecule has 0 amide bonds. The lowest BCUT2D eigenvalue weighted by Gasteiger charge is -2.19. The van der Waals surface area contributed by atoms with Crippen LogP contribution < -0.4 is 5.73 Å². The van der Waals surface area contributed by atoms with E-state index in [1.807, 2.05) is 6.08 Å². The van der Waals surface area contributed by atoms with Crippen molar-refractivity contribution in [3.8, 4) is 0 Å². The normalized spacial score (nSPS) is 14.5. The lowest BCUT2D eigenvalue weighted by Crippen LogP contribution is -2.29. The second-order valence-corrected chi connectivity index (χ2v) is 14.2. The second kappa shape index (κ2) is 40.3. The first-order chi connectivity index (χ1) is 26.8. The van der Waals surface area contributed by atoms with E-state index in [1.165, 1.54) is 6.42 Å². The number of phosphoric ester groups is 1. The molecule has 0 aliphatic rings. The monoisotopic (exact) mass is 785 g/mol. The average Bonchev–Trinajstić information content (AvgIpc) is 3.17. The van der Waals surface area contributed by atoms with E-state index < -0.39 is 32.5 Å². The molecule has 0 saturated carbocycles. The summed E-state index contributed by atoms with van der Waals surface area (Å²) < 4.78 is 32.6. The first-order valence-electron chi connectivity index (χ1n) is 20.4. The number of carbonyl (C=O) groups is 2. The predicted molar refractivity (Wildman–Crippen MR) is 228 cm³/mol. The standard InChI is InChI=1S/C45H72NO8P/c1-3-5-7-9-11-13-15-17-19-21-23-25-27-29-31-33-35-37-44(47)51-41-43(42-53-55(49,50)52-40-39-46)54-45(48)38-36-34-32-30-28-26-24-22-20-18-16-14-12-10-8-6-4-2/h6-9,12-15,18-21,24-27,30,32,43H,3-5,10-11,16-17,22-23,28-29,31,33-42,46H2,1-2H3,(H,49,50)/b8-6+,9-7+,14-12+,15-13+,20-18+,21-19+,26-24+,27-25+,32-30+/t43-/m1/s1. The van der Waals surface area contributed by atoms with E-state index in [0.717, 1.165) is 77.0 Å². The Kier molecular flexibility index (Phi) is 37.9. The molecule has 0 aliphatic heterocycles. The summed E-state index contributed by atoms with van der Waals surface area (Å²) in [4.78, 5) is 34.8. The summed E-state index contributed by atoms with van der Waals surface area (Å²) >= 11 is 0. The molecule has 9 nitrogen and oxygen atoms in total. The number of hydrogen-bond acceptors (Lipinski definition) is 8. The molecule has 0 fully saturated rings. The Morgan fingerprint density at radius 3 is 1.51 bits per heavy atom. The van der Waals surface area contributed by atoms with Crippen molar-refractivity contribution in [2.45, 2.75) is 136 Å². The molecule has 0 aromatic rings. The molecule has 0 heterocycles. The summed E-state index contributed by atoms with van der Waals surface area (Å²) in [7, 11) is -4.41. The lowest BCUT2D eigenvalue weighted by molar-refractivity contribution is -0.161. The molecule has 3 N–H and O–H groups in total. The summed E-state index contributed by atoms with van der Waals surface area (Å²) in [5.74, 6) is -0.948. The quantitative estimate of drug-likeness (QED) is 0.0275. The first kappa shape index (κ1) is 51.7. The van der Waals surface area contributed by atoms with Crippen molar-refractivity contribution in [1.82, 2.24) is 0 Å². The minimum atomic E-state index is -4.41. The molecule has 2 atom stereocenters. The number of unbranched alkanes of at least 4 members (excludes halogenated alkanes) is 5. The highest BCUT2D eigenvalue weighted by Gasteiger charge is 2.25. The van der Waals surface area contributed by atoms with Gasteiger partial charge in [-0.05, 0) is 89.9 Å². The van der Waals surface area contributed by atoms with Gasteiger partial charge in [0.15, 0.2) is 6.10 Å². The third-order valence-electron chi connectivity index (χ3n) is 7.62. The molecule has 0 spiro atoms. The third-order valence-corrected chi connectivity index (χ3v) is 8.61. The van der Waals surface area contributed by atoms with Crippen molar-refractivity contribution in [1.29, 1.82) is 0 Å². The number of rotatable bonds is 36. The average molecular weight is 786 g/mol. The van der Waals surface area contributed by atoms with Gasteiger partial charge in [0, 0.05) is 19.4 Å². The summed E-state index contributed by atoms with van der Waals surface area (Å²) in [6.45, 7) is 3.41. The molecule has 310 valence electrons. The highest BCUT2D eigenvalue weighted by Crippen LogP contribution is 2.43. The van der Waals surface area contributed by atoms with Gasteiger partial charge in [-0.3, -0.25) is 18.6 Å². The number of phosphoric acid groups is 1. The molecule has 0 radical (unpaired) electrons. The molecule has 0 aromatic heterocycles. The number of ether oxygens (including phenoxy) is 2. The van der Waals surface area contributed by atoms with E-state index in [2.05, 4.69) is 117 Å². The zero-order valence-electron chi connectivity index (χ0n) is 33.9. The number of allylic oxidation sites excluding steroid dienone is 18. The van der Waals surface area contributed by atoms with Crippen LogP contribution in [0.5, 0.6) is 0 Å². The maximum absolute atomic E-state index is 12.5. The van der Waals surface area contributed by atoms with E-state index in [-0.39, 0.29) is 32.6 Å². The van der Waals surface area contributed by atoms with E-state index in [9.17, 15) is 19.0 Å². The van der Waals surface area contributed by atoms with Gasteiger partial charge in [-0.1, -0.05) is 136 Å². The summed E-state index contributed by atoms with van der Waals surface area (Å²) in [6, 6.07) is 0. The van der Waals surface area contributed by atoms with E-state index >= 15 is 0 Å². The van der Waals surface area contributed by atoms with Gasteiger partial charge in [0.25, 0.3) is 0 Å². The van der Waals surface area contributed by atoms with Crippen molar-refractivity contribution >= 4 is 19.8 Å². The van der Waals surface area contributed by atoms with Crippen LogP contribution in [0.3, 0.4) is 0 Å². The van der Waals surface area contributed by atoms with E-state index in [0.29, 0.717) is 19.3 Å². The van der Waals surface area contributed by atoms with Crippen molar-refractivity contribution in [3.63, 3.8) is 0 Å². The smallest absolute Gasteiger partial charge is 0.462 e. The SMILES string of the molecule is CC/C=C/C/C=C/C/C=C/C/C=C/C/C=C/CCCC(=O)O[C@H](COC(=O)CCCCC/C=C/C/C=C/C/C=C/C/C=C/CCC)COP(=O)(O)OCCN. The minimum absolute atomic E-state index is 0.0330. The van der Waals surface area contributed by atoms with Crippen LogP contribution >= 0.6 is 7.82 Å². The Hall–Kier alpha value is -3.33. The number of nitrogens with two attached hydrogens (primary N) is 1. The van der Waals surface area contributed by atoms with Crippen molar-refractivity contribution in [2.24, 2.45) is 5.73 Å². The Morgan fingerprint density at radius 2 is 1.02 bits per heavy atom. The van der Waals surface area contributed by atoms with Crippen LogP contribution in [0.2, 0.25) is 0 Å². The van der Waals surface area contributed by atoms with Crippen LogP contribution in [0.15, 0.2) is 109 Å². The summed E-state index contributed by atoms with van der Waals surface area (Å²) in [5, 5.41) is 0. The Balaban J connectivity index is 4.38. The van der Waals surface area contributed by atoms with Gasteiger partial charge < -0.3 is 20.1 Å². The molecular weight excluding hydrogens is 713 g/mol. The fourth-order valence-corrected chi connectivity index (χ4v) is 5.42. The maximum Gasteiger partial charge on any atom is 0.472 e. The van der Waals surface area contributed by atoms with Crippen LogP contribution in [0.25, 0.3) is 0 Å². The zero-order valence-corrected chi connectivity index (χ0v) is 34.7. The van der Waals surface area contributed by atoms with Crippen LogP contribution in [-0.2, 0) is 32.7 Å². The number of esters is 2. The Morgan fingerprint density at radius 1 is 0.564 bits per heavy atom. The summed E-state index contributed by atoms with van der Waals surface area (Å²) in [5.41, 5.74) is 5.33. The van der Waals surface area contributed by atoms with Gasteiger partial charge in [0.1, 0.15) is 6.61 Å². The molecule has 55 heavy (non-hydrogen) atoms. The van der Waals surface area contributed by atoms with E-state index in [4.69, 9.17) is 24.3 Å². The van der Waals surface area contributed by atoms with Crippen molar-refractivity contribution < 1.29 is 37.6 Å². The minimum Gasteiger partial charge on any atom is -0.462 e. The number of carbonyl (C=O) groups excluding carboxylic acids is 2. The highest BCUT2D eigenvalue weighted by molar-refractivity contribution is 7.47. The largest absolute Gasteiger partial charge is 0.472 e. The molecule has 0 aromatic carbocycles. The first-order valence-corrected chi connectivity index (χ1v) is 21.9. The van der Waals surface area contributed by atoms with Crippen LogP contribution in [0.4, 0.5) is 0 Å². The van der Waals surface area contributed by atoms with Gasteiger partial charge >= 0.3 is 19.8 Å². The van der Waals surface area contributed by atoms with Crippen LogP contribution in [0, 0.1) is 0 Å². The highest BCUT2D eigenvalue weighted by atomic mass is 31.2. The fourth-order valence-electron chi connectivity index (χ4n) is 4.66.